The van der Waals surface area contributed by atoms with E-state index in [1.807, 2.05) is 6.07 Å². The van der Waals surface area contributed by atoms with Gasteiger partial charge in [-0.1, -0.05) is 29.3 Å². The van der Waals surface area contributed by atoms with Gasteiger partial charge < -0.3 is 0 Å². The third kappa shape index (κ3) is 3.93. The molecule has 2 rings (SSSR count). The molecule has 0 atom stereocenters. The van der Waals surface area contributed by atoms with Crippen LogP contribution >= 0.6 is 50.5 Å². The minimum atomic E-state index is 0.424. The molecule has 2 heterocycles. The fraction of sp³-hybridized carbons (Fsp3) is 0.250. The van der Waals surface area contributed by atoms with Crippen molar-refractivity contribution < 1.29 is 0 Å². The minimum absolute atomic E-state index is 0.424. The zero-order valence-electron chi connectivity index (χ0n) is 9.66. The first-order valence-corrected chi connectivity index (χ1v) is 7.70. The Labute approximate surface area is 129 Å². The van der Waals surface area contributed by atoms with Crippen molar-refractivity contribution in [2.75, 3.05) is 7.05 Å². The van der Waals surface area contributed by atoms with Crippen molar-refractivity contribution in [2.24, 2.45) is 0 Å². The van der Waals surface area contributed by atoms with Gasteiger partial charge in [0, 0.05) is 18.7 Å². The van der Waals surface area contributed by atoms with E-state index in [4.69, 9.17) is 23.2 Å². The van der Waals surface area contributed by atoms with E-state index in [0.717, 1.165) is 22.4 Å². The molecule has 2 aromatic heterocycles. The molecular weight excluding hydrogens is 355 g/mol. The summed E-state index contributed by atoms with van der Waals surface area (Å²) in [6.45, 7) is 1.62. The number of aromatic nitrogens is 1. The molecule has 2 aromatic rings. The minimum Gasteiger partial charge on any atom is -0.298 e. The van der Waals surface area contributed by atoms with Crippen molar-refractivity contribution in [3.63, 3.8) is 0 Å². The van der Waals surface area contributed by atoms with Crippen LogP contribution in [0.4, 0.5) is 0 Å². The molecule has 6 heteroatoms. The SMILES string of the molecule is CN(Cc1csc(Br)c1)Cc1ccc(Cl)nc1Cl. The summed E-state index contributed by atoms with van der Waals surface area (Å²) in [7, 11) is 2.05. The second-order valence-corrected chi connectivity index (χ2v) is 7.05. The number of halogens is 3. The van der Waals surface area contributed by atoms with Crippen molar-refractivity contribution in [1.29, 1.82) is 0 Å². The molecule has 0 fully saturated rings. The summed E-state index contributed by atoms with van der Waals surface area (Å²) in [6, 6.07) is 5.80. The average Bonchev–Trinajstić information content (AvgIpc) is 2.68. The van der Waals surface area contributed by atoms with Crippen molar-refractivity contribution in [3.05, 3.63) is 48.8 Å². The maximum absolute atomic E-state index is 6.05. The molecule has 0 saturated carbocycles. The molecule has 0 unspecified atom stereocenters. The summed E-state index contributed by atoms with van der Waals surface area (Å²) in [6.07, 6.45) is 0. The van der Waals surface area contributed by atoms with Crippen molar-refractivity contribution in [2.45, 2.75) is 13.1 Å². The third-order valence-electron chi connectivity index (χ3n) is 2.41. The van der Waals surface area contributed by atoms with Gasteiger partial charge in [0.2, 0.25) is 0 Å². The van der Waals surface area contributed by atoms with Crippen LogP contribution in [-0.2, 0) is 13.1 Å². The molecule has 0 radical (unpaired) electrons. The highest BCUT2D eigenvalue weighted by Gasteiger charge is 2.07. The second kappa shape index (κ2) is 6.35. The molecule has 0 saturated heterocycles. The van der Waals surface area contributed by atoms with Crippen LogP contribution in [0, 0.1) is 0 Å². The fourth-order valence-corrected chi connectivity index (χ4v) is 3.25. The van der Waals surface area contributed by atoms with E-state index in [-0.39, 0.29) is 0 Å². The Morgan fingerprint density at radius 3 is 2.72 bits per heavy atom. The summed E-state index contributed by atoms with van der Waals surface area (Å²) < 4.78 is 1.15. The van der Waals surface area contributed by atoms with Crippen molar-refractivity contribution in [3.8, 4) is 0 Å². The highest BCUT2D eigenvalue weighted by Crippen LogP contribution is 2.23. The number of pyridine rings is 1. The normalized spacial score (nSPS) is 11.2. The molecule has 0 N–H and O–H groups in total. The Balaban J connectivity index is 2.00. The third-order valence-corrected chi connectivity index (χ3v) is 4.50. The van der Waals surface area contributed by atoms with Crippen LogP contribution in [0.1, 0.15) is 11.1 Å². The van der Waals surface area contributed by atoms with Gasteiger partial charge in [0.15, 0.2) is 0 Å². The van der Waals surface area contributed by atoms with Crippen LogP contribution in [0.15, 0.2) is 27.4 Å². The highest BCUT2D eigenvalue weighted by molar-refractivity contribution is 9.11. The monoisotopic (exact) mass is 364 g/mol. The smallest absolute Gasteiger partial charge is 0.135 e. The van der Waals surface area contributed by atoms with E-state index in [2.05, 4.69) is 44.3 Å². The molecule has 0 aliphatic carbocycles. The van der Waals surface area contributed by atoms with E-state index >= 15 is 0 Å². The molecule has 0 aromatic carbocycles. The van der Waals surface area contributed by atoms with Crippen LogP contribution < -0.4 is 0 Å². The number of hydrogen-bond donors (Lipinski definition) is 0. The maximum Gasteiger partial charge on any atom is 0.135 e. The Hall–Kier alpha value is -0.130. The summed E-state index contributed by atoms with van der Waals surface area (Å²) in [5.41, 5.74) is 2.27. The number of nitrogens with zero attached hydrogens (tertiary/aromatic N) is 2. The first kappa shape index (κ1) is 14.3. The van der Waals surface area contributed by atoms with E-state index in [9.17, 15) is 0 Å². The average molecular weight is 366 g/mol. The second-order valence-electron chi connectivity index (χ2n) is 4.02. The van der Waals surface area contributed by atoms with E-state index in [1.165, 1.54) is 5.56 Å². The lowest BCUT2D eigenvalue weighted by atomic mass is 10.2. The Morgan fingerprint density at radius 2 is 2.11 bits per heavy atom. The van der Waals surface area contributed by atoms with Crippen LogP contribution in [0.5, 0.6) is 0 Å². The molecule has 0 spiro atoms. The lowest BCUT2D eigenvalue weighted by Crippen LogP contribution is -2.17. The first-order valence-electron chi connectivity index (χ1n) is 5.27. The summed E-state index contributed by atoms with van der Waals surface area (Å²) in [5, 5.41) is 3.04. The van der Waals surface area contributed by atoms with Crippen LogP contribution in [0.25, 0.3) is 0 Å². The molecule has 0 amide bonds. The summed E-state index contributed by atoms with van der Waals surface area (Å²) in [5.74, 6) is 0. The molecule has 0 aliphatic rings. The number of hydrogen-bond acceptors (Lipinski definition) is 3. The molecule has 2 nitrogen and oxygen atoms in total. The fourth-order valence-electron chi connectivity index (χ4n) is 1.65. The zero-order valence-corrected chi connectivity index (χ0v) is 13.6. The van der Waals surface area contributed by atoms with Crippen molar-refractivity contribution in [1.82, 2.24) is 9.88 Å². The lowest BCUT2D eigenvalue weighted by molar-refractivity contribution is 0.319. The van der Waals surface area contributed by atoms with Gasteiger partial charge in [-0.05, 0) is 46.1 Å². The van der Waals surface area contributed by atoms with Crippen molar-refractivity contribution >= 4 is 50.5 Å². The molecular formula is C12H11BrCl2N2S. The van der Waals surface area contributed by atoms with Gasteiger partial charge >= 0.3 is 0 Å². The molecule has 18 heavy (non-hydrogen) atoms. The van der Waals surface area contributed by atoms with E-state index < -0.39 is 0 Å². The van der Waals surface area contributed by atoms with Gasteiger partial charge in [0.1, 0.15) is 10.3 Å². The predicted molar refractivity (Wildman–Crippen MR) is 81.4 cm³/mol. The van der Waals surface area contributed by atoms with Gasteiger partial charge in [0.05, 0.1) is 3.79 Å². The van der Waals surface area contributed by atoms with Gasteiger partial charge in [-0.25, -0.2) is 4.98 Å². The van der Waals surface area contributed by atoms with Gasteiger partial charge in [-0.3, -0.25) is 4.90 Å². The Kier molecular flexibility index (Phi) is 5.04. The van der Waals surface area contributed by atoms with E-state index in [0.29, 0.717) is 10.3 Å². The molecule has 0 aliphatic heterocycles. The standard InChI is InChI=1S/C12H11BrCl2N2S/c1-17(5-8-4-10(13)18-7-8)6-9-2-3-11(14)16-12(9)15/h2-4,7H,5-6H2,1H3. The largest absolute Gasteiger partial charge is 0.298 e. The summed E-state index contributed by atoms with van der Waals surface area (Å²) >= 11 is 17.0. The Morgan fingerprint density at radius 1 is 1.33 bits per heavy atom. The maximum atomic E-state index is 6.05. The topological polar surface area (TPSA) is 16.1 Å². The first-order chi connectivity index (χ1) is 8.54. The molecule has 0 bridgehead atoms. The van der Waals surface area contributed by atoms with Crippen LogP contribution in [0.2, 0.25) is 10.3 Å². The molecule has 96 valence electrons. The lowest BCUT2D eigenvalue weighted by Gasteiger charge is -2.16. The van der Waals surface area contributed by atoms with Crippen LogP contribution in [-0.4, -0.2) is 16.9 Å². The predicted octanol–water partition coefficient (Wildman–Crippen LogP) is 4.84. The van der Waals surface area contributed by atoms with Gasteiger partial charge in [0.25, 0.3) is 0 Å². The van der Waals surface area contributed by atoms with Gasteiger partial charge in [-0.2, -0.15) is 0 Å². The highest BCUT2D eigenvalue weighted by atomic mass is 79.9. The van der Waals surface area contributed by atoms with E-state index in [1.54, 1.807) is 17.4 Å². The zero-order chi connectivity index (χ0) is 13.1. The van der Waals surface area contributed by atoms with Crippen LogP contribution in [0.3, 0.4) is 0 Å². The number of rotatable bonds is 4. The summed E-state index contributed by atoms with van der Waals surface area (Å²) in [4.78, 5) is 6.22. The number of thiophene rings is 1. The van der Waals surface area contributed by atoms with Gasteiger partial charge in [-0.15, -0.1) is 11.3 Å². The quantitative estimate of drug-likeness (QED) is 0.720. The Bertz CT molecular complexity index is 545.